The van der Waals surface area contributed by atoms with Gasteiger partial charge in [0, 0.05) is 0 Å². The molecule has 0 spiro atoms. The lowest BCUT2D eigenvalue weighted by molar-refractivity contribution is 0.0694. The summed E-state index contributed by atoms with van der Waals surface area (Å²) in [6.07, 6.45) is 2.74. The van der Waals surface area contributed by atoms with Crippen LogP contribution in [0.4, 0.5) is 0 Å². The zero-order chi connectivity index (χ0) is 14.8. The van der Waals surface area contributed by atoms with Crippen LogP contribution in [0.25, 0.3) is 10.8 Å². The molecule has 0 saturated carbocycles. The molecule has 3 rings (SSSR count). The van der Waals surface area contributed by atoms with E-state index in [-0.39, 0.29) is 22.3 Å². The van der Waals surface area contributed by atoms with Crippen LogP contribution in [0, 0.1) is 0 Å². The number of benzene rings is 2. The van der Waals surface area contributed by atoms with Crippen molar-refractivity contribution < 1.29 is 14.6 Å². The van der Waals surface area contributed by atoms with E-state index in [1.165, 1.54) is 12.4 Å². The highest BCUT2D eigenvalue weighted by molar-refractivity contribution is 6.29. The number of nitrogens with zero attached hydrogens (tertiary/aromatic N) is 2. The number of ether oxygens (including phenoxy) is 1. The van der Waals surface area contributed by atoms with Gasteiger partial charge in [-0.2, -0.15) is 4.98 Å². The number of hydrogen-bond acceptors (Lipinski definition) is 4. The van der Waals surface area contributed by atoms with Crippen molar-refractivity contribution in [3.05, 3.63) is 59.5 Å². The maximum absolute atomic E-state index is 11.4. The van der Waals surface area contributed by atoms with E-state index >= 15 is 0 Å². The van der Waals surface area contributed by atoms with Crippen LogP contribution in [0.2, 0.25) is 5.15 Å². The second-order valence-electron chi connectivity index (χ2n) is 4.28. The maximum Gasteiger partial charge on any atom is 0.339 e. The van der Waals surface area contributed by atoms with E-state index in [9.17, 15) is 9.90 Å². The summed E-state index contributed by atoms with van der Waals surface area (Å²) in [5, 5.41) is 11.2. The third-order valence-corrected chi connectivity index (χ3v) is 3.06. The molecule has 6 heteroatoms. The second-order valence-corrected chi connectivity index (χ2v) is 4.67. The van der Waals surface area contributed by atoms with Gasteiger partial charge in [0.05, 0.1) is 12.4 Å². The Hall–Kier alpha value is -2.66. The molecule has 0 atom stereocenters. The van der Waals surface area contributed by atoms with Crippen molar-refractivity contribution in [1.29, 1.82) is 0 Å². The molecule has 0 amide bonds. The Balaban J connectivity index is 2.11. The van der Waals surface area contributed by atoms with Crippen LogP contribution in [0.1, 0.15) is 10.4 Å². The highest BCUT2D eigenvalue weighted by Crippen LogP contribution is 2.29. The molecule has 21 heavy (non-hydrogen) atoms. The lowest BCUT2D eigenvalue weighted by Crippen LogP contribution is -2.01. The first-order valence-corrected chi connectivity index (χ1v) is 6.43. The number of aromatic nitrogens is 2. The lowest BCUT2D eigenvalue weighted by Gasteiger charge is -2.09. The van der Waals surface area contributed by atoms with Crippen molar-refractivity contribution in [2.24, 2.45) is 0 Å². The Bertz CT molecular complexity index is 836. The van der Waals surface area contributed by atoms with Gasteiger partial charge in [-0.15, -0.1) is 0 Å². The number of carboxylic acids is 1. The minimum absolute atomic E-state index is 0.0514. The fraction of sp³-hybridized carbons (Fsp3) is 0. The molecule has 0 radical (unpaired) electrons. The predicted molar refractivity (Wildman–Crippen MR) is 78.0 cm³/mol. The topological polar surface area (TPSA) is 72.3 Å². The molecular formula is C15H9ClN2O3. The van der Waals surface area contributed by atoms with E-state index in [0.717, 1.165) is 10.8 Å². The van der Waals surface area contributed by atoms with Gasteiger partial charge in [-0.25, -0.2) is 4.79 Å². The first-order valence-electron chi connectivity index (χ1n) is 6.05. The molecule has 1 heterocycles. The number of carboxylic acid groups (broad SMARTS) is 1. The molecule has 0 aliphatic rings. The molecule has 0 bridgehead atoms. The van der Waals surface area contributed by atoms with Gasteiger partial charge in [-0.1, -0.05) is 35.9 Å². The van der Waals surface area contributed by atoms with E-state index in [4.69, 9.17) is 16.3 Å². The molecule has 0 aliphatic heterocycles. The average Bonchev–Trinajstić information content (AvgIpc) is 2.46. The summed E-state index contributed by atoms with van der Waals surface area (Å²) in [6, 6.07) is 10.6. The zero-order valence-electron chi connectivity index (χ0n) is 10.7. The van der Waals surface area contributed by atoms with Crippen LogP contribution in [0.5, 0.6) is 11.6 Å². The quantitative estimate of drug-likeness (QED) is 0.797. The summed E-state index contributed by atoms with van der Waals surface area (Å²) < 4.78 is 5.52. The van der Waals surface area contributed by atoms with E-state index in [1.807, 2.05) is 24.3 Å². The molecule has 1 N–H and O–H groups in total. The predicted octanol–water partition coefficient (Wildman–Crippen LogP) is 3.77. The highest BCUT2D eigenvalue weighted by Gasteiger charge is 2.14. The summed E-state index contributed by atoms with van der Waals surface area (Å²) in [4.78, 5) is 19.2. The Labute approximate surface area is 124 Å². The van der Waals surface area contributed by atoms with Crippen LogP contribution in [0.3, 0.4) is 0 Å². The van der Waals surface area contributed by atoms with Crippen molar-refractivity contribution in [2.45, 2.75) is 0 Å². The van der Waals surface area contributed by atoms with Crippen molar-refractivity contribution in [3.63, 3.8) is 0 Å². The largest absolute Gasteiger partial charge is 0.478 e. The minimum atomic E-state index is -1.08. The molecule has 0 saturated heterocycles. The standard InChI is InChI=1S/C15H9ClN2O3/c16-13-7-17-8-14(18-13)21-12-6-10-4-2-1-3-9(10)5-11(12)15(19)20/h1-8H,(H,19,20). The normalized spacial score (nSPS) is 10.5. The highest BCUT2D eigenvalue weighted by atomic mass is 35.5. The van der Waals surface area contributed by atoms with E-state index in [2.05, 4.69) is 9.97 Å². The van der Waals surface area contributed by atoms with Gasteiger partial charge in [-0.05, 0) is 22.9 Å². The van der Waals surface area contributed by atoms with Crippen LogP contribution >= 0.6 is 11.6 Å². The summed E-state index contributed by atoms with van der Waals surface area (Å²) in [5.74, 6) is -0.746. The number of carbonyl (C=O) groups is 1. The molecule has 3 aromatic rings. The van der Waals surface area contributed by atoms with Crippen LogP contribution in [-0.4, -0.2) is 21.0 Å². The maximum atomic E-state index is 11.4. The Morgan fingerprint density at radius 3 is 2.52 bits per heavy atom. The Morgan fingerprint density at radius 2 is 1.86 bits per heavy atom. The Kier molecular flexibility index (Phi) is 3.41. The van der Waals surface area contributed by atoms with Crippen LogP contribution < -0.4 is 4.74 Å². The average molecular weight is 301 g/mol. The summed E-state index contributed by atoms with van der Waals surface area (Å²) >= 11 is 5.74. The molecule has 104 valence electrons. The van der Waals surface area contributed by atoms with Crippen LogP contribution in [0.15, 0.2) is 48.8 Å². The van der Waals surface area contributed by atoms with Gasteiger partial charge in [0.1, 0.15) is 11.3 Å². The molecule has 0 fully saturated rings. The van der Waals surface area contributed by atoms with Gasteiger partial charge in [0.2, 0.25) is 5.88 Å². The fourth-order valence-electron chi connectivity index (χ4n) is 1.96. The van der Waals surface area contributed by atoms with Gasteiger partial charge in [-0.3, -0.25) is 4.98 Å². The molecule has 5 nitrogen and oxygen atoms in total. The SMILES string of the molecule is O=C(O)c1cc2ccccc2cc1Oc1cncc(Cl)n1. The first-order chi connectivity index (χ1) is 10.1. The number of halogens is 1. The minimum Gasteiger partial charge on any atom is -0.478 e. The van der Waals surface area contributed by atoms with Gasteiger partial charge in [0.25, 0.3) is 0 Å². The van der Waals surface area contributed by atoms with Gasteiger partial charge < -0.3 is 9.84 Å². The van der Waals surface area contributed by atoms with Crippen LogP contribution in [-0.2, 0) is 0 Å². The first kappa shape index (κ1) is 13.3. The summed E-state index contributed by atoms with van der Waals surface area (Å²) in [7, 11) is 0. The summed E-state index contributed by atoms with van der Waals surface area (Å²) in [5.41, 5.74) is 0.0514. The number of hydrogen-bond donors (Lipinski definition) is 1. The number of aromatic carboxylic acids is 1. The third kappa shape index (κ3) is 2.78. The van der Waals surface area contributed by atoms with E-state index in [0.29, 0.717) is 0 Å². The molecule has 2 aromatic carbocycles. The molecule has 0 aliphatic carbocycles. The lowest BCUT2D eigenvalue weighted by atomic mass is 10.1. The van der Waals surface area contributed by atoms with Crippen molar-refractivity contribution >= 4 is 28.3 Å². The van der Waals surface area contributed by atoms with Gasteiger partial charge in [0.15, 0.2) is 5.15 Å². The van der Waals surface area contributed by atoms with E-state index in [1.54, 1.807) is 12.1 Å². The van der Waals surface area contributed by atoms with Crippen molar-refractivity contribution in [2.75, 3.05) is 0 Å². The van der Waals surface area contributed by atoms with Crippen molar-refractivity contribution in [1.82, 2.24) is 9.97 Å². The molecule has 0 unspecified atom stereocenters. The number of rotatable bonds is 3. The fourth-order valence-corrected chi connectivity index (χ4v) is 2.10. The summed E-state index contributed by atoms with van der Waals surface area (Å²) in [6.45, 7) is 0. The molecular weight excluding hydrogens is 292 g/mol. The van der Waals surface area contributed by atoms with E-state index < -0.39 is 5.97 Å². The zero-order valence-corrected chi connectivity index (χ0v) is 11.4. The second kappa shape index (κ2) is 5.38. The smallest absolute Gasteiger partial charge is 0.339 e. The third-order valence-electron chi connectivity index (χ3n) is 2.88. The van der Waals surface area contributed by atoms with Gasteiger partial charge >= 0.3 is 5.97 Å². The molecule has 1 aromatic heterocycles. The Morgan fingerprint density at radius 1 is 1.14 bits per heavy atom. The monoisotopic (exact) mass is 300 g/mol. The van der Waals surface area contributed by atoms with Crippen molar-refractivity contribution in [3.8, 4) is 11.6 Å². The number of fused-ring (bicyclic) bond motifs is 1.